The number of sulfonamides is 1. The first-order valence-electron chi connectivity index (χ1n) is 8.16. The number of hydrogen-bond acceptors (Lipinski definition) is 6. The number of nitrogens with zero attached hydrogens (tertiary/aromatic N) is 3. The van der Waals surface area contributed by atoms with Crippen LogP contribution in [0.1, 0.15) is 0 Å². The lowest BCUT2D eigenvalue weighted by Gasteiger charge is -2.35. The minimum atomic E-state index is -3.84. The number of anilines is 1. The quantitative estimate of drug-likeness (QED) is 0.554. The number of ether oxygens (including phenoxy) is 1. The van der Waals surface area contributed by atoms with Gasteiger partial charge in [0.1, 0.15) is 0 Å². The zero-order valence-corrected chi connectivity index (χ0v) is 16.1. The molecule has 144 valence electrons. The summed E-state index contributed by atoms with van der Waals surface area (Å²) in [5.74, 6) is 0.0183. The molecule has 27 heavy (non-hydrogen) atoms. The van der Waals surface area contributed by atoms with Crippen molar-refractivity contribution in [3.8, 4) is 5.75 Å². The van der Waals surface area contributed by atoms with E-state index in [1.807, 2.05) is 23.1 Å². The molecule has 0 unspecified atom stereocenters. The third-order valence-electron chi connectivity index (χ3n) is 4.40. The van der Waals surface area contributed by atoms with Gasteiger partial charge in [-0.25, -0.2) is 8.42 Å². The summed E-state index contributed by atoms with van der Waals surface area (Å²) in [7, 11) is -2.54. The van der Waals surface area contributed by atoms with Crippen molar-refractivity contribution in [2.75, 3.05) is 38.2 Å². The van der Waals surface area contributed by atoms with Crippen LogP contribution in [0.4, 0.5) is 11.4 Å². The number of methoxy groups -OCH3 is 1. The Balaban J connectivity index is 1.79. The first-order valence-corrected chi connectivity index (χ1v) is 9.98. The van der Waals surface area contributed by atoms with Crippen LogP contribution in [-0.2, 0) is 10.0 Å². The second kappa shape index (κ2) is 7.71. The van der Waals surface area contributed by atoms with Gasteiger partial charge < -0.3 is 9.64 Å². The summed E-state index contributed by atoms with van der Waals surface area (Å²) in [6.45, 7) is 1.54. The van der Waals surface area contributed by atoms with Gasteiger partial charge in [-0.1, -0.05) is 17.7 Å². The van der Waals surface area contributed by atoms with Crippen LogP contribution in [0.15, 0.2) is 47.4 Å². The van der Waals surface area contributed by atoms with E-state index in [0.717, 1.165) is 11.8 Å². The van der Waals surface area contributed by atoms with E-state index in [0.29, 0.717) is 18.1 Å². The molecular weight excluding hydrogens is 394 g/mol. The SMILES string of the molecule is COc1ccc(S(=O)(=O)N2CCN(c3cccc(Cl)c3)CC2)cc1[N+](=O)[O-]. The van der Waals surface area contributed by atoms with Crippen molar-refractivity contribution in [1.29, 1.82) is 0 Å². The van der Waals surface area contributed by atoms with E-state index in [-0.39, 0.29) is 29.4 Å². The molecule has 0 atom stereocenters. The molecule has 0 saturated carbocycles. The van der Waals surface area contributed by atoms with Crippen molar-refractivity contribution in [2.45, 2.75) is 4.90 Å². The van der Waals surface area contributed by atoms with Crippen molar-refractivity contribution < 1.29 is 18.1 Å². The van der Waals surface area contributed by atoms with Gasteiger partial charge in [-0.05, 0) is 30.3 Å². The summed E-state index contributed by atoms with van der Waals surface area (Å²) < 4.78 is 32.0. The molecule has 1 heterocycles. The summed E-state index contributed by atoms with van der Waals surface area (Å²) in [5, 5.41) is 11.8. The highest BCUT2D eigenvalue weighted by Gasteiger charge is 2.30. The van der Waals surface area contributed by atoms with Crippen LogP contribution in [0.2, 0.25) is 5.02 Å². The molecule has 0 bridgehead atoms. The van der Waals surface area contributed by atoms with Crippen molar-refractivity contribution in [3.63, 3.8) is 0 Å². The standard InChI is InChI=1S/C17H18ClN3O5S/c1-26-17-6-5-15(12-16(17)21(22)23)27(24,25)20-9-7-19(8-10-20)14-4-2-3-13(18)11-14/h2-6,11-12H,7-10H2,1H3. The van der Waals surface area contributed by atoms with Crippen molar-refractivity contribution in [1.82, 2.24) is 4.31 Å². The monoisotopic (exact) mass is 411 g/mol. The maximum atomic E-state index is 12.9. The number of rotatable bonds is 5. The fourth-order valence-corrected chi connectivity index (χ4v) is 4.61. The molecule has 2 aromatic carbocycles. The Kier molecular flexibility index (Phi) is 5.54. The Morgan fingerprint density at radius 1 is 1.11 bits per heavy atom. The second-order valence-corrected chi connectivity index (χ2v) is 8.34. The number of nitro benzene ring substituents is 1. The Morgan fingerprint density at radius 2 is 1.81 bits per heavy atom. The molecule has 0 amide bonds. The maximum Gasteiger partial charge on any atom is 0.312 e. The molecule has 10 heteroatoms. The molecule has 0 aromatic heterocycles. The van der Waals surface area contributed by atoms with Crippen LogP contribution in [0.25, 0.3) is 0 Å². The molecule has 0 radical (unpaired) electrons. The van der Waals surface area contributed by atoms with E-state index in [1.165, 1.54) is 23.5 Å². The Morgan fingerprint density at radius 3 is 2.41 bits per heavy atom. The van der Waals surface area contributed by atoms with Gasteiger partial charge in [0.2, 0.25) is 10.0 Å². The van der Waals surface area contributed by atoms with Gasteiger partial charge in [-0.2, -0.15) is 4.31 Å². The number of benzene rings is 2. The number of halogens is 1. The summed E-state index contributed by atoms with van der Waals surface area (Å²) in [5.41, 5.74) is 0.552. The summed E-state index contributed by atoms with van der Waals surface area (Å²) in [6, 6.07) is 11.0. The molecule has 1 aliphatic heterocycles. The molecule has 0 N–H and O–H groups in total. The molecule has 1 aliphatic rings. The van der Waals surface area contributed by atoms with E-state index in [9.17, 15) is 18.5 Å². The van der Waals surface area contributed by atoms with Gasteiger partial charge in [-0.15, -0.1) is 0 Å². The highest BCUT2D eigenvalue weighted by Crippen LogP contribution is 2.31. The Hall–Kier alpha value is -2.36. The summed E-state index contributed by atoms with van der Waals surface area (Å²) in [4.78, 5) is 12.4. The van der Waals surface area contributed by atoms with E-state index in [4.69, 9.17) is 16.3 Å². The van der Waals surface area contributed by atoms with Crippen LogP contribution in [0.5, 0.6) is 5.75 Å². The predicted molar refractivity (Wildman–Crippen MR) is 102 cm³/mol. The topological polar surface area (TPSA) is 93.0 Å². The van der Waals surface area contributed by atoms with E-state index >= 15 is 0 Å². The molecule has 1 saturated heterocycles. The van der Waals surface area contributed by atoms with Crippen LogP contribution < -0.4 is 9.64 Å². The number of piperazine rings is 1. The third-order valence-corrected chi connectivity index (χ3v) is 6.53. The molecule has 3 rings (SSSR count). The van der Waals surface area contributed by atoms with Crippen molar-refractivity contribution in [3.05, 3.63) is 57.6 Å². The molecule has 2 aromatic rings. The molecule has 8 nitrogen and oxygen atoms in total. The van der Waals surface area contributed by atoms with Crippen LogP contribution in [0.3, 0.4) is 0 Å². The highest BCUT2D eigenvalue weighted by atomic mass is 35.5. The van der Waals surface area contributed by atoms with Gasteiger partial charge in [0.15, 0.2) is 5.75 Å². The second-order valence-electron chi connectivity index (χ2n) is 5.96. The fourth-order valence-electron chi connectivity index (χ4n) is 2.98. The van der Waals surface area contributed by atoms with Gasteiger partial charge in [0.05, 0.1) is 16.9 Å². The van der Waals surface area contributed by atoms with Gasteiger partial charge in [0.25, 0.3) is 0 Å². The summed E-state index contributed by atoms with van der Waals surface area (Å²) in [6.07, 6.45) is 0. The third kappa shape index (κ3) is 4.00. The Bertz CT molecular complexity index is 959. The normalized spacial score (nSPS) is 15.6. The number of nitro groups is 1. The zero-order valence-electron chi connectivity index (χ0n) is 14.5. The van der Waals surface area contributed by atoms with Crippen LogP contribution in [-0.4, -0.2) is 50.9 Å². The van der Waals surface area contributed by atoms with Gasteiger partial charge in [-0.3, -0.25) is 10.1 Å². The number of hydrogen-bond donors (Lipinski definition) is 0. The fraction of sp³-hybridized carbons (Fsp3) is 0.294. The van der Waals surface area contributed by atoms with Crippen LogP contribution >= 0.6 is 11.6 Å². The molecular formula is C17H18ClN3O5S. The lowest BCUT2D eigenvalue weighted by molar-refractivity contribution is -0.386. The largest absolute Gasteiger partial charge is 0.490 e. The van der Waals surface area contributed by atoms with Crippen molar-refractivity contribution >= 4 is 33.0 Å². The summed E-state index contributed by atoms with van der Waals surface area (Å²) >= 11 is 6.01. The average molecular weight is 412 g/mol. The molecule has 0 aliphatic carbocycles. The smallest absolute Gasteiger partial charge is 0.312 e. The maximum absolute atomic E-state index is 12.9. The van der Waals surface area contributed by atoms with E-state index in [1.54, 1.807) is 6.07 Å². The van der Waals surface area contributed by atoms with E-state index < -0.39 is 14.9 Å². The van der Waals surface area contributed by atoms with Crippen molar-refractivity contribution in [2.24, 2.45) is 0 Å². The van der Waals surface area contributed by atoms with Crippen LogP contribution in [0, 0.1) is 10.1 Å². The van der Waals surface area contributed by atoms with E-state index in [2.05, 4.69) is 0 Å². The molecule has 1 fully saturated rings. The lowest BCUT2D eigenvalue weighted by Crippen LogP contribution is -2.48. The van der Waals surface area contributed by atoms with Gasteiger partial charge in [0, 0.05) is 43.0 Å². The highest BCUT2D eigenvalue weighted by molar-refractivity contribution is 7.89. The first-order chi connectivity index (χ1) is 12.8. The van der Waals surface area contributed by atoms with Gasteiger partial charge >= 0.3 is 5.69 Å². The average Bonchev–Trinajstić information content (AvgIpc) is 2.67. The Labute approximate surface area is 162 Å². The zero-order chi connectivity index (χ0) is 19.6. The molecule has 0 spiro atoms. The minimum absolute atomic E-state index is 0.0183. The minimum Gasteiger partial charge on any atom is -0.490 e. The first kappa shape index (κ1) is 19.4. The lowest BCUT2D eigenvalue weighted by atomic mass is 10.2. The predicted octanol–water partition coefficient (Wildman–Crippen LogP) is 2.77.